The average molecular weight is 330 g/mol. The van der Waals surface area contributed by atoms with E-state index in [0.717, 1.165) is 5.56 Å². The van der Waals surface area contributed by atoms with Crippen LogP contribution in [0.25, 0.3) is 0 Å². The lowest BCUT2D eigenvalue weighted by Gasteiger charge is -2.01. The van der Waals surface area contributed by atoms with Crippen LogP contribution in [0.3, 0.4) is 0 Å². The van der Waals surface area contributed by atoms with Gasteiger partial charge in [-0.25, -0.2) is 4.79 Å². The van der Waals surface area contributed by atoms with Crippen LogP contribution in [0.4, 0.5) is 11.7 Å². The fourth-order valence-corrected chi connectivity index (χ4v) is 2.10. The molecule has 7 heteroatoms. The Morgan fingerprint density at radius 2 is 1.78 bits per heavy atom. The maximum Gasteiger partial charge on any atom is 0.335 e. The van der Waals surface area contributed by atoms with Crippen molar-refractivity contribution in [1.29, 1.82) is 0 Å². The predicted octanol–water partition coefficient (Wildman–Crippen LogP) is 3.76. The van der Waals surface area contributed by atoms with Gasteiger partial charge in [0.1, 0.15) is 0 Å². The molecule has 0 amide bonds. The third-order valence-electron chi connectivity index (χ3n) is 3.12. The first-order valence-electron chi connectivity index (χ1n) is 6.77. The van der Waals surface area contributed by atoms with Crippen LogP contribution in [0.5, 0.6) is 0 Å². The molecule has 3 rings (SSSR count). The Morgan fingerprint density at radius 3 is 2.43 bits per heavy atom. The number of aromatic carboxylic acids is 1. The van der Waals surface area contributed by atoms with Gasteiger partial charge < -0.3 is 14.8 Å². The van der Waals surface area contributed by atoms with E-state index in [1.54, 1.807) is 24.3 Å². The fraction of sp³-hybridized carbons (Fsp3) is 0.0625. The van der Waals surface area contributed by atoms with Crippen LogP contribution in [-0.2, 0) is 6.42 Å². The summed E-state index contributed by atoms with van der Waals surface area (Å²) >= 11 is 5.84. The summed E-state index contributed by atoms with van der Waals surface area (Å²) in [6, 6.07) is 13.9. The van der Waals surface area contributed by atoms with Crippen molar-refractivity contribution >= 4 is 29.3 Å². The molecule has 2 aromatic carbocycles. The highest BCUT2D eigenvalue weighted by Crippen LogP contribution is 2.18. The lowest BCUT2D eigenvalue weighted by atomic mass is 10.1. The van der Waals surface area contributed by atoms with Crippen LogP contribution in [0, 0.1) is 0 Å². The fourth-order valence-electron chi connectivity index (χ4n) is 1.97. The van der Waals surface area contributed by atoms with Gasteiger partial charge >= 0.3 is 12.0 Å². The average Bonchev–Trinajstić information content (AvgIpc) is 2.97. The molecule has 0 fully saturated rings. The maximum atomic E-state index is 10.8. The number of hydrogen-bond acceptors (Lipinski definition) is 5. The summed E-state index contributed by atoms with van der Waals surface area (Å²) in [7, 11) is 0. The molecule has 1 aromatic heterocycles. The molecule has 0 saturated heterocycles. The van der Waals surface area contributed by atoms with Crippen molar-refractivity contribution in [2.75, 3.05) is 5.32 Å². The molecule has 0 aliphatic carbocycles. The van der Waals surface area contributed by atoms with Crippen LogP contribution in [0.1, 0.15) is 21.8 Å². The van der Waals surface area contributed by atoms with E-state index in [0.29, 0.717) is 23.0 Å². The molecule has 1 heterocycles. The number of benzene rings is 2. The minimum atomic E-state index is -0.973. The van der Waals surface area contributed by atoms with E-state index in [-0.39, 0.29) is 11.6 Å². The van der Waals surface area contributed by atoms with Gasteiger partial charge in [0.05, 0.1) is 12.0 Å². The molecule has 23 heavy (non-hydrogen) atoms. The first-order chi connectivity index (χ1) is 11.1. The molecule has 3 aromatic rings. The number of carboxylic acid groups (broad SMARTS) is 1. The number of nitrogens with one attached hydrogen (secondary N) is 1. The number of anilines is 2. The van der Waals surface area contributed by atoms with Crippen LogP contribution in [-0.4, -0.2) is 21.3 Å². The minimum Gasteiger partial charge on any atom is -0.478 e. The number of carbonyl (C=O) groups is 1. The Hall–Kier alpha value is -2.86. The Morgan fingerprint density at radius 1 is 1.09 bits per heavy atom. The zero-order valence-electron chi connectivity index (χ0n) is 11.9. The number of hydrogen-bond donors (Lipinski definition) is 2. The molecule has 0 atom stereocenters. The molecule has 2 N–H and O–H groups in total. The summed E-state index contributed by atoms with van der Waals surface area (Å²) in [4.78, 5) is 10.8. The van der Waals surface area contributed by atoms with Crippen LogP contribution in [0.15, 0.2) is 52.9 Å². The summed E-state index contributed by atoms with van der Waals surface area (Å²) in [5.74, 6) is -0.503. The highest BCUT2D eigenvalue weighted by molar-refractivity contribution is 6.30. The Balaban J connectivity index is 1.67. The lowest BCUT2D eigenvalue weighted by molar-refractivity contribution is 0.0697. The molecule has 0 unspecified atom stereocenters. The van der Waals surface area contributed by atoms with Gasteiger partial charge in [-0.2, -0.15) is 0 Å². The van der Waals surface area contributed by atoms with Gasteiger partial charge in [-0.3, -0.25) is 0 Å². The van der Waals surface area contributed by atoms with E-state index in [2.05, 4.69) is 15.5 Å². The third kappa shape index (κ3) is 3.87. The molecule has 0 aliphatic rings. The SMILES string of the molecule is O=C(O)c1ccc(Nc2nnc(Cc3ccc(Cl)cc3)o2)cc1. The van der Waals surface area contributed by atoms with Crippen molar-refractivity contribution in [2.45, 2.75) is 6.42 Å². The molecule has 6 nitrogen and oxygen atoms in total. The Bertz CT molecular complexity index is 813. The molecule has 0 aliphatic heterocycles. The van der Waals surface area contributed by atoms with Gasteiger partial charge in [-0.15, -0.1) is 5.10 Å². The first-order valence-corrected chi connectivity index (χ1v) is 7.15. The topological polar surface area (TPSA) is 88.2 Å². The van der Waals surface area contributed by atoms with Gasteiger partial charge in [0.2, 0.25) is 5.89 Å². The van der Waals surface area contributed by atoms with E-state index in [1.807, 2.05) is 12.1 Å². The van der Waals surface area contributed by atoms with Crippen LogP contribution < -0.4 is 5.32 Å². The summed E-state index contributed by atoms with van der Waals surface area (Å²) < 4.78 is 5.52. The second-order valence-electron chi connectivity index (χ2n) is 4.81. The van der Waals surface area contributed by atoms with Crippen LogP contribution in [0.2, 0.25) is 5.02 Å². The van der Waals surface area contributed by atoms with Crippen molar-refractivity contribution < 1.29 is 14.3 Å². The van der Waals surface area contributed by atoms with Gasteiger partial charge in [0, 0.05) is 10.7 Å². The summed E-state index contributed by atoms with van der Waals surface area (Å²) in [6.07, 6.45) is 0.504. The summed E-state index contributed by atoms with van der Waals surface area (Å²) in [5, 5.41) is 20.3. The Labute approximate surface area is 136 Å². The molecule has 0 saturated carbocycles. The monoisotopic (exact) mass is 329 g/mol. The van der Waals surface area contributed by atoms with Gasteiger partial charge in [-0.05, 0) is 42.0 Å². The number of carboxylic acids is 1. The van der Waals surface area contributed by atoms with E-state index < -0.39 is 5.97 Å². The van der Waals surface area contributed by atoms with E-state index in [1.165, 1.54) is 12.1 Å². The third-order valence-corrected chi connectivity index (χ3v) is 3.37. The number of aromatic nitrogens is 2. The quantitative estimate of drug-likeness (QED) is 0.741. The van der Waals surface area contributed by atoms with Crippen molar-refractivity contribution in [3.8, 4) is 0 Å². The maximum absolute atomic E-state index is 10.8. The highest BCUT2D eigenvalue weighted by atomic mass is 35.5. The molecule has 116 valence electrons. The van der Waals surface area contributed by atoms with Gasteiger partial charge in [-0.1, -0.05) is 28.8 Å². The van der Waals surface area contributed by atoms with E-state index in [9.17, 15) is 4.79 Å². The zero-order chi connectivity index (χ0) is 16.2. The normalized spacial score (nSPS) is 10.5. The Kier molecular flexibility index (Phi) is 4.25. The standard InChI is InChI=1S/C16H12ClN3O3/c17-12-5-1-10(2-6-12)9-14-19-20-16(23-14)18-13-7-3-11(4-8-13)15(21)22/h1-8H,9H2,(H,18,20)(H,21,22). The smallest absolute Gasteiger partial charge is 0.335 e. The lowest BCUT2D eigenvalue weighted by Crippen LogP contribution is -1.96. The van der Waals surface area contributed by atoms with Gasteiger partial charge in [0.25, 0.3) is 0 Å². The molecular weight excluding hydrogens is 318 g/mol. The number of halogens is 1. The minimum absolute atomic E-state index is 0.213. The second kappa shape index (κ2) is 6.50. The highest BCUT2D eigenvalue weighted by Gasteiger charge is 2.08. The predicted molar refractivity (Wildman–Crippen MR) is 85.2 cm³/mol. The van der Waals surface area contributed by atoms with Gasteiger partial charge in [0.15, 0.2) is 0 Å². The van der Waals surface area contributed by atoms with Crippen molar-refractivity contribution in [3.05, 3.63) is 70.6 Å². The van der Waals surface area contributed by atoms with Crippen molar-refractivity contribution in [2.24, 2.45) is 0 Å². The molecular formula is C16H12ClN3O3. The molecule has 0 radical (unpaired) electrons. The molecule has 0 bridgehead atoms. The van der Waals surface area contributed by atoms with E-state index in [4.69, 9.17) is 21.1 Å². The van der Waals surface area contributed by atoms with Crippen molar-refractivity contribution in [1.82, 2.24) is 10.2 Å². The van der Waals surface area contributed by atoms with Crippen LogP contribution >= 0.6 is 11.6 Å². The summed E-state index contributed by atoms with van der Waals surface area (Å²) in [5.41, 5.74) is 1.89. The number of rotatable bonds is 5. The zero-order valence-corrected chi connectivity index (χ0v) is 12.6. The first kappa shape index (κ1) is 15.1. The summed E-state index contributed by atoms with van der Waals surface area (Å²) in [6.45, 7) is 0. The second-order valence-corrected chi connectivity index (χ2v) is 5.25. The van der Waals surface area contributed by atoms with Crippen molar-refractivity contribution in [3.63, 3.8) is 0 Å². The molecule has 0 spiro atoms. The number of nitrogens with zero attached hydrogens (tertiary/aromatic N) is 2. The van der Waals surface area contributed by atoms with E-state index >= 15 is 0 Å². The largest absolute Gasteiger partial charge is 0.478 e.